The van der Waals surface area contributed by atoms with Crippen LogP contribution in [0.5, 0.6) is 0 Å². The minimum atomic E-state index is -4.64. The van der Waals surface area contributed by atoms with Crippen molar-refractivity contribution in [2.24, 2.45) is 0 Å². The summed E-state index contributed by atoms with van der Waals surface area (Å²) in [7, 11) is -4.04. The van der Waals surface area contributed by atoms with Gasteiger partial charge in [0.2, 0.25) is 5.91 Å². The minimum Gasteiger partial charge on any atom is -0.348 e. The fourth-order valence-corrected chi connectivity index (χ4v) is 3.38. The maximum atomic E-state index is 12.6. The van der Waals surface area contributed by atoms with Crippen molar-refractivity contribution in [1.29, 1.82) is 0 Å². The molecule has 140 valence electrons. The molecule has 25 heavy (non-hydrogen) atoms. The number of rotatable bonds is 8. The summed E-state index contributed by atoms with van der Waals surface area (Å²) in [6, 6.07) is 1.90. The van der Waals surface area contributed by atoms with Crippen LogP contribution in [0.15, 0.2) is 23.1 Å². The Morgan fingerprint density at radius 3 is 2.36 bits per heavy atom. The van der Waals surface area contributed by atoms with Crippen molar-refractivity contribution in [1.82, 2.24) is 10.6 Å². The highest BCUT2D eigenvalue weighted by atomic mass is 35.5. The lowest BCUT2D eigenvalue weighted by Crippen LogP contribution is -2.38. The maximum Gasteiger partial charge on any atom is 0.416 e. The Bertz CT molecular complexity index is 751. The number of carbonyl (C=O) groups excluding carboxylic acids is 2. The van der Waals surface area contributed by atoms with Crippen molar-refractivity contribution in [3.05, 3.63) is 28.8 Å². The van der Waals surface area contributed by atoms with Gasteiger partial charge in [-0.25, -0.2) is 8.42 Å². The van der Waals surface area contributed by atoms with Crippen LogP contribution in [-0.4, -0.2) is 39.1 Å². The molecule has 0 aliphatic rings. The van der Waals surface area contributed by atoms with Crippen molar-refractivity contribution >= 4 is 33.1 Å². The van der Waals surface area contributed by atoms with Gasteiger partial charge in [-0.3, -0.25) is 14.9 Å². The third kappa shape index (κ3) is 6.63. The zero-order chi connectivity index (χ0) is 19.3. The van der Waals surface area contributed by atoms with E-state index in [1.54, 1.807) is 6.92 Å². The highest BCUT2D eigenvalue weighted by Crippen LogP contribution is 2.33. The number of benzene rings is 1. The van der Waals surface area contributed by atoms with Gasteiger partial charge in [0.25, 0.3) is 0 Å². The van der Waals surface area contributed by atoms with Gasteiger partial charge in [0, 0.05) is 6.42 Å². The molecule has 0 aliphatic heterocycles. The average molecular weight is 401 g/mol. The van der Waals surface area contributed by atoms with Crippen LogP contribution in [0.4, 0.5) is 13.2 Å². The van der Waals surface area contributed by atoms with Gasteiger partial charge in [0.05, 0.1) is 28.6 Å². The van der Waals surface area contributed by atoms with Gasteiger partial charge in [-0.2, -0.15) is 13.2 Å². The molecule has 0 unspecified atom stereocenters. The molecule has 0 bridgehead atoms. The number of Topliss-reactive ketones (excluding diaryl/α,β-unsaturated/α-hetero) is 1. The number of alkyl halides is 3. The van der Waals surface area contributed by atoms with Gasteiger partial charge in [-0.15, -0.1) is 0 Å². The topological polar surface area (TPSA) is 92.3 Å². The van der Waals surface area contributed by atoms with E-state index in [1.807, 2.05) is 0 Å². The molecule has 0 fully saturated rings. The molecule has 0 aromatic heterocycles. The van der Waals surface area contributed by atoms with E-state index >= 15 is 0 Å². The van der Waals surface area contributed by atoms with E-state index in [0.717, 1.165) is 6.07 Å². The molecule has 2 N–H and O–H groups in total. The van der Waals surface area contributed by atoms with E-state index in [-0.39, 0.29) is 25.3 Å². The first kappa shape index (κ1) is 21.4. The molecule has 6 nitrogen and oxygen atoms in total. The van der Waals surface area contributed by atoms with Crippen LogP contribution in [0, 0.1) is 0 Å². The quantitative estimate of drug-likeness (QED) is 0.694. The van der Waals surface area contributed by atoms with Gasteiger partial charge in [0.1, 0.15) is 5.88 Å². The van der Waals surface area contributed by atoms with Gasteiger partial charge in [-0.05, 0) is 18.2 Å². The zero-order valence-corrected chi connectivity index (χ0v) is 14.7. The molecular weight excluding hydrogens is 385 g/mol. The Morgan fingerprint density at radius 1 is 1.20 bits per heavy atom. The summed E-state index contributed by atoms with van der Waals surface area (Å²) in [4.78, 5) is 22.0. The summed E-state index contributed by atoms with van der Waals surface area (Å²) < 4.78 is 61.8. The maximum absolute atomic E-state index is 12.6. The van der Waals surface area contributed by atoms with Gasteiger partial charge in [-0.1, -0.05) is 18.5 Å². The van der Waals surface area contributed by atoms with E-state index in [0.29, 0.717) is 12.1 Å². The SMILES string of the molecule is CCC(=O)CNC(=O)CNCS(=O)(=O)c1ccc(C(F)(F)F)cc1Cl. The smallest absolute Gasteiger partial charge is 0.348 e. The number of ketones is 1. The molecule has 11 heteroatoms. The number of amides is 1. The second-order valence-electron chi connectivity index (χ2n) is 5.00. The molecule has 0 radical (unpaired) electrons. The molecule has 1 rings (SSSR count). The molecule has 0 spiro atoms. The van der Waals surface area contributed by atoms with Crippen molar-refractivity contribution in [3.8, 4) is 0 Å². The third-order valence-corrected chi connectivity index (χ3v) is 5.08. The number of hydrogen-bond donors (Lipinski definition) is 2. The summed E-state index contributed by atoms with van der Waals surface area (Å²) >= 11 is 5.64. The minimum absolute atomic E-state index is 0.158. The Labute approximate surface area is 147 Å². The lowest BCUT2D eigenvalue weighted by molar-refractivity contribution is -0.137. The van der Waals surface area contributed by atoms with Crippen LogP contribution in [-0.2, 0) is 25.6 Å². The summed E-state index contributed by atoms with van der Waals surface area (Å²) in [6.45, 7) is 1.09. The summed E-state index contributed by atoms with van der Waals surface area (Å²) in [5.74, 6) is -1.47. The van der Waals surface area contributed by atoms with Crippen molar-refractivity contribution in [2.45, 2.75) is 24.4 Å². The monoisotopic (exact) mass is 400 g/mol. The third-order valence-electron chi connectivity index (χ3n) is 3.05. The second kappa shape index (κ2) is 8.63. The summed E-state index contributed by atoms with van der Waals surface area (Å²) in [6.07, 6.45) is -4.38. The molecule has 0 aliphatic carbocycles. The first-order valence-electron chi connectivity index (χ1n) is 7.06. The fraction of sp³-hybridized carbons (Fsp3) is 0.429. The van der Waals surface area contributed by atoms with Crippen LogP contribution in [0.2, 0.25) is 5.02 Å². The lowest BCUT2D eigenvalue weighted by Gasteiger charge is -2.11. The first-order chi connectivity index (χ1) is 11.5. The number of hydrogen-bond acceptors (Lipinski definition) is 5. The number of sulfone groups is 1. The number of nitrogens with one attached hydrogen (secondary N) is 2. The van der Waals surface area contributed by atoms with Gasteiger partial charge in [0.15, 0.2) is 15.6 Å². The second-order valence-corrected chi connectivity index (χ2v) is 7.36. The van der Waals surface area contributed by atoms with E-state index in [9.17, 15) is 31.2 Å². The average Bonchev–Trinajstić information content (AvgIpc) is 2.51. The number of halogens is 4. The molecule has 0 saturated heterocycles. The van der Waals surface area contributed by atoms with E-state index < -0.39 is 43.3 Å². The zero-order valence-electron chi connectivity index (χ0n) is 13.1. The Kier molecular flexibility index (Phi) is 7.39. The Hall–Kier alpha value is -1.65. The Balaban J connectivity index is 2.67. The van der Waals surface area contributed by atoms with E-state index in [1.165, 1.54) is 0 Å². The highest BCUT2D eigenvalue weighted by molar-refractivity contribution is 7.91. The van der Waals surface area contributed by atoms with Crippen LogP contribution < -0.4 is 10.6 Å². The van der Waals surface area contributed by atoms with Gasteiger partial charge < -0.3 is 5.32 Å². The molecule has 0 atom stereocenters. The molecule has 1 aromatic rings. The molecule has 0 heterocycles. The summed E-state index contributed by atoms with van der Waals surface area (Å²) in [5, 5.41) is 4.08. The molecule has 0 saturated carbocycles. The molecule has 1 amide bonds. The fourth-order valence-electron chi connectivity index (χ4n) is 1.69. The van der Waals surface area contributed by atoms with Gasteiger partial charge >= 0.3 is 6.18 Å². The molecular formula is C14H16ClF3N2O4S. The first-order valence-corrected chi connectivity index (χ1v) is 9.09. The van der Waals surface area contributed by atoms with Crippen molar-refractivity contribution in [2.75, 3.05) is 19.0 Å². The van der Waals surface area contributed by atoms with Crippen LogP contribution in [0.25, 0.3) is 0 Å². The highest BCUT2D eigenvalue weighted by Gasteiger charge is 2.32. The van der Waals surface area contributed by atoms with Crippen molar-refractivity contribution < 1.29 is 31.2 Å². The van der Waals surface area contributed by atoms with Crippen molar-refractivity contribution in [3.63, 3.8) is 0 Å². The normalized spacial score (nSPS) is 12.0. The number of carbonyl (C=O) groups is 2. The standard InChI is InChI=1S/C14H16ClF3N2O4S/c1-2-10(21)6-20-13(22)7-19-8-25(23,24)12-4-3-9(5-11(12)15)14(16,17)18/h3-5,19H,2,6-8H2,1H3,(H,20,22). The predicted molar refractivity (Wildman–Crippen MR) is 84.8 cm³/mol. The lowest BCUT2D eigenvalue weighted by atomic mass is 10.2. The molecule has 1 aromatic carbocycles. The Morgan fingerprint density at radius 2 is 1.84 bits per heavy atom. The largest absolute Gasteiger partial charge is 0.416 e. The van der Waals surface area contributed by atoms with E-state index in [4.69, 9.17) is 11.6 Å². The summed E-state index contributed by atoms with van der Waals surface area (Å²) in [5.41, 5.74) is -1.07. The van der Waals surface area contributed by atoms with Crippen LogP contribution >= 0.6 is 11.6 Å². The van der Waals surface area contributed by atoms with Crippen LogP contribution in [0.3, 0.4) is 0 Å². The van der Waals surface area contributed by atoms with E-state index in [2.05, 4.69) is 10.6 Å². The van der Waals surface area contributed by atoms with Crippen LogP contribution in [0.1, 0.15) is 18.9 Å². The predicted octanol–water partition coefficient (Wildman–Crippen LogP) is 1.77.